The molecule has 3 rings (SSSR count). The average Bonchev–Trinajstić information content (AvgIpc) is 3.20. The minimum Gasteiger partial charge on any atom is -0.493 e. The fraction of sp³-hybridized carbons (Fsp3) is 0.575. The molecule has 1 aliphatic heterocycles. The molecule has 1 saturated heterocycles. The molecule has 0 bridgehead atoms. The van der Waals surface area contributed by atoms with Gasteiger partial charge in [0, 0.05) is 37.5 Å². The van der Waals surface area contributed by atoms with Gasteiger partial charge in [0.05, 0.1) is 40.2 Å². The molecule has 0 spiro atoms. The van der Waals surface area contributed by atoms with Crippen molar-refractivity contribution >= 4 is 23.8 Å². The van der Waals surface area contributed by atoms with E-state index in [0.717, 1.165) is 49.8 Å². The zero-order valence-electron chi connectivity index (χ0n) is 34.2. The SMILES string of the molecule is CCCC(C#N)CCC(c1ccc(OCC(=O)NN2CCC(CO[N+](=O)OC(=O)CC(O)(CC(=O)O)C(=O)O)CC2)c(OC)c1)N(C)CCc1ccc(OC)c(OC)c1. The molecule has 59 heavy (non-hydrogen) atoms. The second-order valence-corrected chi connectivity index (χ2v) is 14.4. The Balaban J connectivity index is 1.53. The second-order valence-electron chi connectivity index (χ2n) is 14.4. The molecule has 1 aliphatic rings. The van der Waals surface area contributed by atoms with Gasteiger partial charge in [0.25, 0.3) is 5.91 Å². The number of piperidine rings is 1. The Labute approximate surface area is 343 Å². The number of hydrazine groups is 1. The Kier molecular flexibility index (Phi) is 19.1. The van der Waals surface area contributed by atoms with Crippen LogP contribution in [0.3, 0.4) is 0 Å². The number of carboxylic acids is 2. The van der Waals surface area contributed by atoms with Gasteiger partial charge in [0.15, 0.2) is 41.8 Å². The first-order valence-electron chi connectivity index (χ1n) is 19.3. The number of carboxylic acid groups (broad SMARTS) is 2. The van der Waals surface area contributed by atoms with E-state index in [0.29, 0.717) is 48.9 Å². The molecule has 2 aromatic rings. The predicted octanol–water partition coefficient (Wildman–Crippen LogP) is 3.62. The van der Waals surface area contributed by atoms with Crippen LogP contribution in [0, 0.1) is 28.1 Å². The van der Waals surface area contributed by atoms with Gasteiger partial charge in [0.1, 0.15) is 4.91 Å². The van der Waals surface area contributed by atoms with E-state index in [1.807, 2.05) is 30.3 Å². The third-order valence-corrected chi connectivity index (χ3v) is 10.0. The third kappa shape index (κ3) is 15.2. The van der Waals surface area contributed by atoms with Gasteiger partial charge in [-0.25, -0.2) is 14.6 Å². The van der Waals surface area contributed by atoms with E-state index in [1.54, 1.807) is 25.3 Å². The number of nitrogens with zero attached hydrogens (tertiary/aromatic N) is 4. The summed E-state index contributed by atoms with van der Waals surface area (Å²) in [6.07, 6.45) is 2.39. The van der Waals surface area contributed by atoms with Crippen molar-refractivity contribution in [1.82, 2.24) is 15.3 Å². The molecule has 2 aromatic carbocycles. The van der Waals surface area contributed by atoms with Crippen molar-refractivity contribution in [2.24, 2.45) is 11.8 Å². The van der Waals surface area contributed by atoms with Crippen molar-refractivity contribution in [3.63, 3.8) is 0 Å². The monoisotopic (exact) mass is 830 g/mol. The number of hydrogen-bond acceptors (Lipinski definition) is 15. The summed E-state index contributed by atoms with van der Waals surface area (Å²) in [6, 6.07) is 13.9. The molecule has 19 heteroatoms. The minimum absolute atomic E-state index is 0.0371. The number of carbonyl (C=O) groups excluding carboxylic acids is 2. The second kappa shape index (κ2) is 23.6. The van der Waals surface area contributed by atoms with E-state index >= 15 is 0 Å². The molecule has 0 aliphatic carbocycles. The minimum atomic E-state index is -2.96. The van der Waals surface area contributed by atoms with Gasteiger partial charge < -0.3 is 34.3 Å². The van der Waals surface area contributed by atoms with Gasteiger partial charge in [-0.2, -0.15) is 10.1 Å². The van der Waals surface area contributed by atoms with E-state index in [4.69, 9.17) is 34.0 Å². The molecular formula is C40H56N5O14+. The largest absolute Gasteiger partial charge is 0.493 e. The number of amides is 1. The molecule has 19 nitrogen and oxygen atoms in total. The highest BCUT2D eigenvalue weighted by atomic mass is 17.0. The van der Waals surface area contributed by atoms with Crippen LogP contribution < -0.4 is 24.4 Å². The van der Waals surface area contributed by atoms with Crippen LogP contribution in [0.1, 0.15) is 75.5 Å². The van der Waals surface area contributed by atoms with Gasteiger partial charge >= 0.3 is 23.0 Å². The van der Waals surface area contributed by atoms with Gasteiger partial charge in [-0.1, -0.05) is 25.5 Å². The first kappa shape index (κ1) is 47.7. The van der Waals surface area contributed by atoms with Gasteiger partial charge in [-0.05, 0) is 81.0 Å². The number of nitrogens with one attached hydrogen (secondary N) is 1. The lowest BCUT2D eigenvalue weighted by Crippen LogP contribution is -2.48. The lowest BCUT2D eigenvalue weighted by Gasteiger charge is -2.31. The first-order valence-corrected chi connectivity index (χ1v) is 19.3. The first-order chi connectivity index (χ1) is 28.1. The van der Waals surface area contributed by atoms with Crippen LogP contribution in [0.25, 0.3) is 0 Å². The smallest absolute Gasteiger partial charge is 0.486 e. The van der Waals surface area contributed by atoms with E-state index in [2.05, 4.69) is 35.2 Å². The maximum absolute atomic E-state index is 12.9. The summed E-state index contributed by atoms with van der Waals surface area (Å²) in [7, 11) is 6.79. The third-order valence-electron chi connectivity index (χ3n) is 10.0. The van der Waals surface area contributed by atoms with Crippen LogP contribution in [0.4, 0.5) is 0 Å². The fourth-order valence-corrected chi connectivity index (χ4v) is 6.70. The predicted molar refractivity (Wildman–Crippen MR) is 208 cm³/mol. The Morgan fingerprint density at radius 3 is 2.24 bits per heavy atom. The summed E-state index contributed by atoms with van der Waals surface area (Å²) >= 11 is 0. The van der Waals surface area contributed by atoms with Crippen molar-refractivity contribution in [1.29, 1.82) is 5.26 Å². The van der Waals surface area contributed by atoms with Crippen LogP contribution in [0.5, 0.6) is 23.0 Å². The summed E-state index contributed by atoms with van der Waals surface area (Å²) in [4.78, 5) is 70.2. The molecule has 4 N–H and O–H groups in total. The van der Waals surface area contributed by atoms with Crippen molar-refractivity contribution in [3.8, 4) is 29.1 Å². The lowest BCUT2D eigenvalue weighted by molar-refractivity contribution is -0.964. The highest BCUT2D eigenvalue weighted by molar-refractivity contribution is 5.88. The molecule has 3 atom stereocenters. The Bertz CT molecular complexity index is 1780. The Morgan fingerprint density at radius 1 is 0.966 bits per heavy atom. The number of likely N-dealkylation sites (N-methyl/N-ethyl adjacent to an activating group) is 1. The topological polar surface area (TPSA) is 247 Å². The normalized spacial score (nSPS) is 15.2. The highest BCUT2D eigenvalue weighted by Gasteiger charge is 2.43. The van der Waals surface area contributed by atoms with Crippen molar-refractivity contribution < 1.29 is 68.2 Å². The number of rotatable bonds is 26. The molecule has 3 unspecified atom stereocenters. The van der Waals surface area contributed by atoms with E-state index in [9.17, 15) is 34.5 Å². The van der Waals surface area contributed by atoms with Crippen LogP contribution in [0.2, 0.25) is 0 Å². The van der Waals surface area contributed by atoms with Crippen LogP contribution in [-0.4, -0.2) is 121 Å². The zero-order chi connectivity index (χ0) is 43.5. The zero-order valence-corrected chi connectivity index (χ0v) is 34.2. The quantitative estimate of drug-likeness (QED) is 0.0989. The summed E-state index contributed by atoms with van der Waals surface area (Å²) in [5.74, 6) is -3.59. The fourth-order valence-electron chi connectivity index (χ4n) is 6.70. The number of hydrogen-bond donors (Lipinski definition) is 4. The molecule has 1 heterocycles. The number of aliphatic carboxylic acids is 2. The summed E-state index contributed by atoms with van der Waals surface area (Å²) in [6.45, 7) is 3.15. The number of carbonyl (C=O) groups is 4. The number of nitriles is 1. The number of methoxy groups -OCH3 is 3. The van der Waals surface area contributed by atoms with E-state index < -0.39 is 47.3 Å². The van der Waals surface area contributed by atoms with Crippen LogP contribution in [-0.2, 0) is 35.3 Å². The van der Waals surface area contributed by atoms with Crippen molar-refractivity contribution in [3.05, 3.63) is 52.4 Å². The molecular weight excluding hydrogens is 774 g/mol. The van der Waals surface area contributed by atoms with E-state index in [1.165, 1.54) is 7.11 Å². The summed E-state index contributed by atoms with van der Waals surface area (Å²) < 4.78 is 22.4. The molecule has 1 amide bonds. The molecule has 0 saturated carbocycles. The van der Waals surface area contributed by atoms with Crippen LogP contribution in [0.15, 0.2) is 36.4 Å². The number of ether oxygens (including phenoxy) is 4. The molecule has 0 radical (unpaired) electrons. The maximum atomic E-state index is 12.9. The maximum Gasteiger partial charge on any atom is 0.486 e. The van der Waals surface area contributed by atoms with Gasteiger partial charge in [-0.3, -0.25) is 19.9 Å². The van der Waals surface area contributed by atoms with Crippen molar-refractivity contribution in [2.45, 2.75) is 76.4 Å². The van der Waals surface area contributed by atoms with E-state index in [-0.39, 0.29) is 31.1 Å². The number of benzene rings is 2. The average molecular weight is 831 g/mol. The standard InChI is InChI=1S/C40H55N5O14/c1-6-7-28(24-41)8-11-31(43(2)17-14-27-9-12-32(54-3)34(20-27)55-4)30-10-13-33(35(21-30)56-5)57-26-36(46)42-44-18-15-29(16-19-44)25-58-45(53)59-38(49)23-40(52,39(50)51)22-37(47)48/h9-10,12-13,20-21,28-29,31,52H,6-8,11,14-19,22-23,25-26H2,1-5H3,(H2-,42,46,47,48,50,51)/p+1. The van der Waals surface area contributed by atoms with Gasteiger partial charge in [-0.15, -0.1) is 4.84 Å². The summed E-state index contributed by atoms with van der Waals surface area (Å²) in [5.41, 5.74) is 1.91. The molecule has 324 valence electrons. The molecule has 1 fully saturated rings. The van der Waals surface area contributed by atoms with Crippen LogP contribution >= 0.6 is 0 Å². The summed E-state index contributed by atoms with van der Waals surface area (Å²) in [5, 5.41) is 38.7. The number of aliphatic hydroxyl groups is 1. The van der Waals surface area contributed by atoms with Gasteiger partial charge in [0.2, 0.25) is 0 Å². The highest BCUT2D eigenvalue weighted by Crippen LogP contribution is 2.35. The Morgan fingerprint density at radius 2 is 1.63 bits per heavy atom. The lowest BCUT2D eigenvalue weighted by atomic mass is 9.92. The van der Waals surface area contributed by atoms with Crippen molar-refractivity contribution in [2.75, 3.05) is 61.2 Å². The Hall–Kier alpha value is -5.71. The molecule has 0 aromatic heterocycles.